The average molecular weight is 592 g/mol. The Morgan fingerprint density at radius 1 is 1.05 bits per heavy atom. The predicted octanol–water partition coefficient (Wildman–Crippen LogP) is 5.64. The van der Waals surface area contributed by atoms with E-state index in [0.29, 0.717) is 24.3 Å². The summed E-state index contributed by atoms with van der Waals surface area (Å²) in [6.07, 6.45) is 6.32. The molecule has 39 heavy (non-hydrogen) atoms. The predicted molar refractivity (Wildman–Crippen MR) is 161 cm³/mol. The molecule has 1 aliphatic rings. The van der Waals surface area contributed by atoms with Gasteiger partial charge in [-0.1, -0.05) is 52.3 Å². The van der Waals surface area contributed by atoms with Crippen LogP contribution in [-0.2, 0) is 9.59 Å². The van der Waals surface area contributed by atoms with Gasteiger partial charge in [-0.3, -0.25) is 9.59 Å². The van der Waals surface area contributed by atoms with Crippen LogP contribution in [0.4, 0.5) is 17.1 Å². The lowest BCUT2D eigenvalue weighted by Gasteiger charge is -2.30. The largest absolute Gasteiger partial charge is 0.397 e. The minimum atomic E-state index is -0.328. The summed E-state index contributed by atoms with van der Waals surface area (Å²) in [6, 6.07) is 22.4. The van der Waals surface area contributed by atoms with Crippen LogP contribution < -0.4 is 16.4 Å². The number of benzene rings is 3. The Morgan fingerprint density at radius 3 is 2.51 bits per heavy atom. The number of nitrogens with one attached hydrogen (secondary N) is 2. The first kappa shape index (κ1) is 28.5. The molecule has 4 rings (SSSR count). The number of β-amino-alcohol motifs (C(OH)–C–C–N with tert-alkyl or cyclic N) is 1. The van der Waals surface area contributed by atoms with E-state index >= 15 is 0 Å². The summed E-state index contributed by atoms with van der Waals surface area (Å²) in [4.78, 5) is 28.0. The Hall–Kier alpha value is -3.46. The Bertz CT molecular complexity index is 1280. The molecule has 0 aromatic heterocycles. The van der Waals surface area contributed by atoms with E-state index in [1.54, 1.807) is 18.2 Å². The molecule has 0 saturated carbocycles. The molecule has 1 fully saturated rings. The van der Waals surface area contributed by atoms with Gasteiger partial charge in [0.05, 0.1) is 23.4 Å². The number of anilines is 3. The van der Waals surface area contributed by atoms with Crippen molar-refractivity contribution in [2.45, 2.75) is 37.7 Å². The highest BCUT2D eigenvalue weighted by atomic mass is 79.9. The van der Waals surface area contributed by atoms with Crippen LogP contribution in [-0.4, -0.2) is 47.6 Å². The van der Waals surface area contributed by atoms with E-state index in [1.807, 2.05) is 60.7 Å². The van der Waals surface area contributed by atoms with Crippen molar-refractivity contribution in [3.63, 3.8) is 0 Å². The van der Waals surface area contributed by atoms with Crippen molar-refractivity contribution in [1.82, 2.24) is 4.90 Å². The summed E-state index contributed by atoms with van der Waals surface area (Å²) < 4.78 is 0.949. The zero-order valence-electron chi connectivity index (χ0n) is 21.9. The molecule has 2 amide bonds. The number of likely N-dealkylation sites (tertiary alicyclic amines) is 1. The minimum Gasteiger partial charge on any atom is -0.397 e. The lowest BCUT2D eigenvalue weighted by Crippen LogP contribution is -2.38. The highest BCUT2D eigenvalue weighted by Crippen LogP contribution is 2.26. The lowest BCUT2D eigenvalue weighted by molar-refractivity contribution is -0.117. The van der Waals surface area contributed by atoms with Gasteiger partial charge in [0.2, 0.25) is 11.8 Å². The standard InChI is InChI=1S/C31H35BrN4O3/c32-24-14-16-25(17-15-24)34-31(39)27(6-4-20-36-19-3-5-26(37)21-36)23-12-9-22(10-13-23)11-18-30(38)35-29-8-2-1-7-28(29)33/h1-2,7-18,26-27,37H,3-6,19-21,33H2,(H,34,39)(H,35,38). The number of hydrogen-bond donors (Lipinski definition) is 4. The van der Waals surface area contributed by atoms with Crippen LogP contribution in [0.1, 0.15) is 42.7 Å². The van der Waals surface area contributed by atoms with Gasteiger partial charge in [-0.15, -0.1) is 0 Å². The van der Waals surface area contributed by atoms with E-state index in [2.05, 4.69) is 31.5 Å². The second-order valence-electron chi connectivity index (χ2n) is 9.86. The molecule has 0 spiro atoms. The molecule has 2 atom stereocenters. The smallest absolute Gasteiger partial charge is 0.248 e. The van der Waals surface area contributed by atoms with Crippen LogP contribution >= 0.6 is 15.9 Å². The fraction of sp³-hybridized carbons (Fsp3) is 0.290. The summed E-state index contributed by atoms with van der Waals surface area (Å²) in [6.45, 7) is 2.53. The number of piperidine rings is 1. The molecule has 1 heterocycles. The number of nitrogens with zero attached hydrogens (tertiary/aromatic N) is 1. The molecular weight excluding hydrogens is 556 g/mol. The van der Waals surface area contributed by atoms with E-state index in [0.717, 1.165) is 53.6 Å². The van der Waals surface area contributed by atoms with Crippen LogP contribution in [0.25, 0.3) is 6.08 Å². The fourth-order valence-corrected chi connectivity index (χ4v) is 5.03. The molecule has 8 heteroatoms. The van der Waals surface area contributed by atoms with E-state index in [-0.39, 0.29) is 23.8 Å². The van der Waals surface area contributed by atoms with Crippen molar-refractivity contribution in [2.75, 3.05) is 36.0 Å². The third-order valence-corrected chi connectivity index (χ3v) is 7.39. The van der Waals surface area contributed by atoms with E-state index in [4.69, 9.17) is 5.73 Å². The molecule has 2 unspecified atom stereocenters. The summed E-state index contributed by atoms with van der Waals surface area (Å²) in [5.74, 6) is -0.656. The molecule has 7 nitrogen and oxygen atoms in total. The molecule has 204 valence electrons. The first-order chi connectivity index (χ1) is 18.9. The van der Waals surface area contributed by atoms with Gasteiger partial charge in [-0.2, -0.15) is 0 Å². The van der Waals surface area contributed by atoms with Crippen molar-refractivity contribution in [3.8, 4) is 0 Å². The Labute approximate surface area is 238 Å². The number of carbonyl (C=O) groups is 2. The molecule has 0 bridgehead atoms. The van der Waals surface area contributed by atoms with Crippen molar-refractivity contribution in [2.24, 2.45) is 0 Å². The van der Waals surface area contributed by atoms with E-state index < -0.39 is 0 Å². The molecule has 0 aliphatic carbocycles. The van der Waals surface area contributed by atoms with Crippen molar-refractivity contribution in [3.05, 3.63) is 94.5 Å². The average Bonchev–Trinajstić information content (AvgIpc) is 2.93. The maximum Gasteiger partial charge on any atom is 0.248 e. The number of nitrogens with two attached hydrogens (primary N) is 1. The first-order valence-corrected chi connectivity index (χ1v) is 14.1. The van der Waals surface area contributed by atoms with Crippen molar-refractivity contribution >= 4 is 50.9 Å². The molecule has 1 aliphatic heterocycles. The second kappa shape index (κ2) is 14.1. The molecule has 0 radical (unpaired) electrons. The van der Waals surface area contributed by atoms with Gasteiger partial charge in [0.1, 0.15) is 0 Å². The number of amides is 2. The maximum absolute atomic E-state index is 13.4. The Kier molecular flexibility index (Phi) is 10.3. The van der Waals surface area contributed by atoms with Crippen molar-refractivity contribution in [1.29, 1.82) is 0 Å². The third kappa shape index (κ3) is 8.78. The van der Waals surface area contributed by atoms with Gasteiger partial charge in [0, 0.05) is 22.8 Å². The second-order valence-corrected chi connectivity index (χ2v) is 10.8. The van der Waals surface area contributed by atoms with Crippen LogP contribution in [0.2, 0.25) is 0 Å². The van der Waals surface area contributed by atoms with Gasteiger partial charge in [-0.25, -0.2) is 0 Å². The van der Waals surface area contributed by atoms with E-state index in [9.17, 15) is 14.7 Å². The summed E-state index contributed by atoms with van der Waals surface area (Å²) in [5, 5.41) is 15.8. The number of aliphatic hydroxyl groups is 1. The summed E-state index contributed by atoms with van der Waals surface area (Å²) in [7, 11) is 0. The first-order valence-electron chi connectivity index (χ1n) is 13.3. The van der Waals surface area contributed by atoms with Crippen molar-refractivity contribution < 1.29 is 14.7 Å². The lowest BCUT2D eigenvalue weighted by atomic mass is 9.92. The topological polar surface area (TPSA) is 108 Å². The quantitative estimate of drug-likeness (QED) is 0.180. The van der Waals surface area contributed by atoms with Crippen LogP contribution in [0.5, 0.6) is 0 Å². The number of halogens is 1. The number of aliphatic hydroxyl groups excluding tert-OH is 1. The SMILES string of the molecule is Nc1ccccc1NC(=O)C=Cc1ccc(C(CCCN2CCCC(O)C2)C(=O)Nc2ccc(Br)cc2)cc1. The summed E-state index contributed by atoms with van der Waals surface area (Å²) in [5.41, 5.74) is 9.49. The molecule has 5 N–H and O–H groups in total. The zero-order chi connectivity index (χ0) is 27.6. The van der Waals surface area contributed by atoms with Gasteiger partial charge in [-0.05, 0) is 92.4 Å². The highest BCUT2D eigenvalue weighted by molar-refractivity contribution is 9.10. The molecule has 3 aromatic rings. The van der Waals surface area contributed by atoms with E-state index in [1.165, 1.54) is 6.08 Å². The number of nitrogen functional groups attached to an aromatic ring is 1. The molecule has 1 saturated heterocycles. The van der Waals surface area contributed by atoms with Gasteiger partial charge < -0.3 is 26.4 Å². The normalized spacial score (nSPS) is 16.6. The number of hydrogen-bond acceptors (Lipinski definition) is 5. The Morgan fingerprint density at radius 2 is 1.79 bits per heavy atom. The van der Waals surface area contributed by atoms with Crippen LogP contribution in [0.15, 0.2) is 83.3 Å². The zero-order valence-corrected chi connectivity index (χ0v) is 23.4. The maximum atomic E-state index is 13.4. The fourth-order valence-electron chi connectivity index (χ4n) is 4.76. The van der Waals surface area contributed by atoms with Gasteiger partial charge in [0.15, 0.2) is 0 Å². The molecular formula is C31H35BrN4O3. The van der Waals surface area contributed by atoms with Gasteiger partial charge >= 0.3 is 0 Å². The number of rotatable bonds is 10. The molecule has 3 aromatic carbocycles. The van der Waals surface area contributed by atoms with Crippen LogP contribution in [0, 0.1) is 0 Å². The number of para-hydroxylation sites is 2. The highest BCUT2D eigenvalue weighted by Gasteiger charge is 2.22. The Balaban J connectivity index is 1.41. The monoisotopic (exact) mass is 590 g/mol. The third-order valence-electron chi connectivity index (χ3n) is 6.86. The van der Waals surface area contributed by atoms with Gasteiger partial charge in [0.25, 0.3) is 0 Å². The minimum absolute atomic E-state index is 0.0564. The van der Waals surface area contributed by atoms with Crippen LogP contribution in [0.3, 0.4) is 0 Å². The summed E-state index contributed by atoms with van der Waals surface area (Å²) >= 11 is 3.43. The number of carbonyl (C=O) groups excluding carboxylic acids is 2.